The van der Waals surface area contributed by atoms with Crippen molar-refractivity contribution in [1.29, 1.82) is 0 Å². The summed E-state index contributed by atoms with van der Waals surface area (Å²) in [5.74, 6) is 1.64. The number of carbonyl (C=O) groups is 1. The smallest absolute Gasteiger partial charge is 0.237 e. The van der Waals surface area contributed by atoms with E-state index in [0.29, 0.717) is 23.1 Å². The van der Waals surface area contributed by atoms with Crippen LogP contribution in [-0.2, 0) is 4.79 Å². The van der Waals surface area contributed by atoms with Crippen LogP contribution in [0.3, 0.4) is 0 Å². The van der Waals surface area contributed by atoms with Gasteiger partial charge in [0.2, 0.25) is 11.8 Å². The van der Waals surface area contributed by atoms with Gasteiger partial charge in [-0.2, -0.15) is 0 Å². The molecule has 0 saturated heterocycles. The fourth-order valence-corrected chi connectivity index (χ4v) is 2.47. The van der Waals surface area contributed by atoms with Gasteiger partial charge in [0.1, 0.15) is 5.75 Å². The number of carbonyl (C=O) groups excluding carboxylic acids is 1. The lowest BCUT2D eigenvalue weighted by molar-refractivity contribution is -0.117. The van der Waals surface area contributed by atoms with Crippen LogP contribution in [0.15, 0.2) is 41.3 Å². The summed E-state index contributed by atoms with van der Waals surface area (Å²) < 4.78 is 8.06. The quantitative estimate of drug-likeness (QED) is 0.759. The number of aromatic nitrogens is 4. The fraction of sp³-hybridized carbons (Fsp3) is 0.200. The molecule has 1 N–H and O–H groups in total. The predicted octanol–water partition coefficient (Wildman–Crippen LogP) is 3.03. The Balaban J connectivity index is 1.56. The van der Waals surface area contributed by atoms with Crippen LogP contribution in [0.2, 0.25) is 0 Å². The van der Waals surface area contributed by atoms with Crippen molar-refractivity contribution in [3.63, 3.8) is 0 Å². The Morgan fingerprint density at radius 1 is 1.35 bits per heavy atom. The molecule has 1 aliphatic rings. The molecule has 0 atom stereocenters. The van der Waals surface area contributed by atoms with Crippen LogP contribution in [0.5, 0.6) is 11.6 Å². The lowest BCUT2D eigenvalue weighted by Crippen LogP contribution is -2.13. The van der Waals surface area contributed by atoms with Crippen molar-refractivity contribution in [2.75, 3.05) is 5.32 Å². The van der Waals surface area contributed by atoms with Crippen LogP contribution >= 0.6 is 15.9 Å². The lowest BCUT2D eigenvalue weighted by atomic mass is 10.4. The molecule has 0 bridgehead atoms. The highest BCUT2D eigenvalue weighted by atomic mass is 79.9. The van der Waals surface area contributed by atoms with Crippen molar-refractivity contribution in [2.24, 2.45) is 5.92 Å². The van der Waals surface area contributed by atoms with Crippen molar-refractivity contribution in [1.82, 2.24) is 19.6 Å². The van der Waals surface area contributed by atoms with E-state index in [9.17, 15) is 4.79 Å². The number of amides is 1. The highest BCUT2D eigenvalue weighted by Gasteiger charge is 2.30. The van der Waals surface area contributed by atoms with E-state index in [1.54, 1.807) is 41.3 Å². The zero-order valence-corrected chi connectivity index (χ0v) is 13.5. The number of nitrogens with zero attached hydrogens (tertiary/aromatic N) is 4. The van der Waals surface area contributed by atoms with Gasteiger partial charge in [-0.25, -0.2) is 9.50 Å². The molecule has 1 fully saturated rings. The number of pyridine rings is 1. The van der Waals surface area contributed by atoms with Crippen molar-refractivity contribution >= 4 is 33.3 Å². The average molecular weight is 374 g/mol. The first-order valence-corrected chi connectivity index (χ1v) is 7.92. The molecule has 1 aliphatic carbocycles. The van der Waals surface area contributed by atoms with Crippen LogP contribution in [0, 0.1) is 5.92 Å². The molecule has 7 nitrogen and oxygen atoms in total. The molecule has 3 aromatic rings. The summed E-state index contributed by atoms with van der Waals surface area (Å²) >= 11 is 3.34. The molecule has 0 aliphatic heterocycles. The van der Waals surface area contributed by atoms with Crippen LogP contribution in [0.4, 0.5) is 5.82 Å². The van der Waals surface area contributed by atoms with Gasteiger partial charge in [-0.05, 0) is 40.9 Å². The first kappa shape index (κ1) is 14.1. The van der Waals surface area contributed by atoms with Crippen LogP contribution in [-0.4, -0.2) is 25.5 Å². The molecule has 4 rings (SSSR count). The molecule has 8 heteroatoms. The number of fused-ring (bicyclic) bond motifs is 1. The summed E-state index contributed by atoms with van der Waals surface area (Å²) in [7, 11) is 0. The van der Waals surface area contributed by atoms with Crippen molar-refractivity contribution in [3.05, 3.63) is 41.3 Å². The molecule has 0 spiro atoms. The van der Waals surface area contributed by atoms with E-state index in [1.165, 1.54) is 0 Å². The molecular weight excluding hydrogens is 362 g/mol. The SMILES string of the molecule is O=C(Nc1cn2nc(Oc3cncc(Br)c3)ccc2n1)C1CC1. The molecule has 0 radical (unpaired) electrons. The van der Waals surface area contributed by atoms with Gasteiger partial charge in [0.05, 0.1) is 12.4 Å². The van der Waals surface area contributed by atoms with Gasteiger partial charge in [0, 0.05) is 22.7 Å². The zero-order valence-electron chi connectivity index (χ0n) is 11.9. The molecule has 1 saturated carbocycles. The van der Waals surface area contributed by atoms with Gasteiger partial charge in [-0.3, -0.25) is 9.78 Å². The monoisotopic (exact) mass is 373 g/mol. The highest BCUT2D eigenvalue weighted by Crippen LogP contribution is 2.30. The van der Waals surface area contributed by atoms with E-state index in [4.69, 9.17) is 4.74 Å². The Morgan fingerprint density at radius 3 is 3.00 bits per heavy atom. The second-order valence-corrected chi connectivity index (χ2v) is 6.22. The number of ether oxygens (including phenoxy) is 1. The maximum absolute atomic E-state index is 11.8. The second-order valence-electron chi connectivity index (χ2n) is 5.30. The van der Waals surface area contributed by atoms with Crippen LogP contribution in [0.25, 0.3) is 5.65 Å². The Morgan fingerprint density at radius 2 is 2.22 bits per heavy atom. The number of rotatable bonds is 4. The molecule has 3 heterocycles. The van der Waals surface area contributed by atoms with Gasteiger partial charge in [0.15, 0.2) is 11.5 Å². The standard InChI is InChI=1S/C15H12BrN5O2/c16-10-5-11(7-17-6-10)23-14-4-3-13-18-12(8-21(13)20-14)19-15(22)9-1-2-9/h3-9H,1-2H2,(H,19,22). The topological polar surface area (TPSA) is 81.4 Å². The summed E-state index contributed by atoms with van der Waals surface area (Å²) in [6.45, 7) is 0. The normalized spacial score (nSPS) is 14.0. The third-order valence-corrected chi connectivity index (χ3v) is 3.83. The van der Waals surface area contributed by atoms with Gasteiger partial charge in [0.25, 0.3) is 0 Å². The Hall–Kier alpha value is -2.48. The van der Waals surface area contributed by atoms with Crippen molar-refractivity contribution in [3.8, 4) is 11.6 Å². The molecule has 23 heavy (non-hydrogen) atoms. The van der Waals surface area contributed by atoms with E-state index in [0.717, 1.165) is 17.3 Å². The third kappa shape index (κ3) is 3.16. The fourth-order valence-electron chi connectivity index (χ4n) is 2.12. The molecule has 1 amide bonds. The summed E-state index contributed by atoms with van der Waals surface area (Å²) in [4.78, 5) is 20.1. The summed E-state index contributed by atoms with van der Waals surface area (Å²) in [5.41, 5.74) is 0.635. The second kappa shape index (κ2) is 5.62. The molecule has 3 aromatic heterocycles. The van der Waals surface area contributed by atoms with E-state index < -0.39 is 0 Å². The zero-order chi connectivity index (χ0) is 15.8. The average Bonchev–Trinajstić information content (AvgIpc) is 3.29. The van der Waals surface area contributed by atoms with Gasteiger partial charge >= 0.3 is 0 Å². The van der Waals surface area contributed by atoms with Crippen LogP contribution in [0.1, 0.15) is 12.8 Å². The minimum atomic E-state index is 0.0186. The lowest BCUT2D eigenvalue weighted by Gasteiger charge is -2.04. The number of anilines is 1. The molecular formula is C15H12BrN5O2. The number of imidazole rings is 1. The number of hydrogen-bond acceptors (Lipinski definition) is 5. The van der Waals surface area contributed by atoms with E-state index in [-0.39, 0.29) is 11.8 Å². The third-order valence-electron chi connectivity index (χ3n) is 3.40. The minimum Gasteiger partial charge on any atom is -0.436 e. The summed E-state index contributed by atoms with van der Waals surface area (Å²) in [6, 6.07) is 5.30. The van der Waals surface area contributed by atoms with Crippen molar-refractivity contribution in [2.45, 2.75) is 12.8 Å². The molecule has 0 unspecified atom stereocenters. The maximum Gasteiger partial charge on any atom is 0.237 e. The predicted molar refractivity (Wildman–Crippen MR) is 86.4 cm³/mol. The largest absolute Gasteiger partial charge is 0.436 e. The van der Waals surface area contributed by atoms with E-state index in [1.807, 2.05) is 0 Å². The van der Waals surface area contributed by atoms with Gasteiger partial charge < -0.3 is 10.1 Å². The van der Waals surface area contributed by atoms with Gasteiger partial charge in [-0.15, -0.1) is 5.10 Å². The molecule has 0 aromatic carbocycles. The maximum atomic E-state index is 11.8. The van der Waals surface area contributed by atoms with Crippen molar-refractivity contribution < 1.29 is 9.53 Å². The van der Waals surface area contributed by atoms with Crippen LogP contribution < -0.4 is 10.1 Å². The highest BCUT2D eigenvalue weighted by molar-refractivity contribution is 9.10. The summed E-state index contributed by atoms with van der Waals surface area (Å²) in [5, 5.41) is 7.13. The Kier molecular flexibility index (Phi) is 3.45. The first-order chi connectivity index (χ1) is 11.2. The van der Waals surface area contributed by atoms with Gasteiger partial charge in [-0.1, -0.05) is 0 Å². The molecule has 116 valence electrons. The Bertz CT molecular complexity index is 890. The van der Waals surface area contributed by atoms with E-state index >= 15 is 0 Å². The Labute approximate surface area is 139 Å². The van der Waals surface area contributed by atoms with E-state index in [2.05, 4.69) is 36.3 Å². The number of hydrogen-bond donors (Lipinski definition) is 1. The number of halogens is 1. The number of nitrogens with one attached hydrogen (secondary N) is 1. The first-order valence-electron chi connectivity index (χ1n) is 7.13. The minimum absolute atomic E-state index is 0.0186. The summed E-state index contributed by atoms with van der Waals surface area (Å²) in [6.07, 6.45) is 6.86.